The summed E-state index contributed by atoms with van der Waals surface area (Å²) < 4.78 is 16.9. The average molecular weight is 510 g/mol. The smallest absolute Gasteiger partial charge is 0.256 e. The summed E-state index contributed by atoms with van der Waals surface area (Å²) in [5.74, 6) is 0.422. The van der Waals surface area contributed by atoms with Gasteiger partial charge in [-0.15, -0.1) is 0 Å². The first-order valence-corrected chi connectivity index (χ1v) is 12.7. The maximum Gasteiger partial charge on any atom is 0.256 e. The Morgan fingerprint density at radius 2 is 1.68 bits per heavy atom. The van der Waals surface area contributed by atoms with Crippen molar-refractivity contribution in [2.45, 2.75) is 50.9 Å². The van der Waals surface area contributed by atoms with Gasteiger partial charge in [0.15, 0.2) is 11.5 Å². The maximum atomic E-state index is 13.7. The zero-order valence-electron chi connectivity index (χ0n) is 21.9. The molecule has 2 saturated heterocycles. The summed E-state index contributed by atoms with van der Waals surface area (Å²) in [6.45, 7) is 4.81. The Morgan fingerprint density at radius 3 is 2.30 bits per heavy atom. The summed E-state index contributed by atoms with van der Waals surface area (Å²) in [5, 5.41) is 3.00. The fourth-order valence-corrected chi connectivity index (χ4v) is 4.94. The van der Waals surface area contributed by atoms with Crippen LogP contribution in [0.1, 0.15) is 53.8 Å². The van der Waals surface area contributed by atoms with Crippen molar-refractivity contribution in [3.8, 4) is 11.5 Å². The molecule has 1 spiro atoms. The van der Waals surface area contributed by atoms with Gasteiger partial charge in [-0.3, -0.25) is 19.3 Å². The first-order chi connectivity index (χ1) is 17.8. The molecule has 0 aromatic heterocycles. The van der Waals surface area contributed by atoms with Crippen LogP contribution < -0.4 is 14.8 Å². The second kappa shape index (κ2) is 11.2. The van der Waals surface area contributed by atoms with Crippen LogP contribution in [0.3, 0.4) is 0 Å². The Kier molecular flexibility index (Phi) is 8.02. The van der Waals surface area contributed by atoms with Crippen molar-refractivity contribution in [1.82, 2.24) is 15.1 Å². The van der Waals surface area contributed by atoms with Crippen molar-refractivity contribution in [2.24, 2.45) is 0 Å². The van der Waals surface area contributed by atoms with Gasteiger partial charge in [0.25, 0.3) is 11.8 Å². The van der Waals surface area contributed by atoms with Gasteiger partial charge in [-0.05, 0) is 43.7 Å². The fourth-order valence-electron chi connectivity index (χ4n) is 4.94. The minimum atomic E-state index is -0.960. The highest BCUT2D eigenvalue weighted by molar-refractivity contribution is 5.98. The molecular weight excluding hydrogens is 474 g/mol. The molecule has 2 aromatic carbocycles. The predicted octanol–water partition coefficient (Wildman–Crippen LogP) is 3.09. The molecule has 4 rings (SSSR count). The van der Waals surface area contributed by atoms with Gasteiger partial charge in [-0.1, -0.05) is 25.1 Å². The van der Waals surface area contributed by atoms with Crippen molar-refractivity contribution >= 4 is 17.7 Å². The van der Waals surface area contributed by atoms with E-state index in [4.69, 9.17) is 14.2 Å². The van der Waals surface area contributed by atoms with Crippen molar-refractivity contribution < 1.29 is 28.6 Å². The molecular formula is C28H35N3O6. The molecule has 198 valence electrons. The van der Waals surface area contributed by atoms with Crippen LogP contribution in [-0.4, -0.2) is 79.2 Å². The van der Waals surface area contributed by atoms with Gasteiger partial charge in [-0.25, -0.2) is 0 Å². The molecule has 2 atom stereocenters. The lowest BCUT2D eigenvalue weighted by Gasteiger charge is -2.44. The lowest BCUT2D eigenvalue weighted by atomic mass is 9.96. The van der Waals surface area contributed by atoms with Gasteiger partial charge >= 0.3 is 0 Å². The molecule has 0 radical (unpaired) electrons. The number of methoxy groups -OCH3 is 2. The highest BCUT2D eigenvalue weighted by atomic mass is 16.5. The first-order valence-electron chi connectivity index (χ1n) is 12.7. The summed E-state index contributed by atoms with van der Waals surface area (Å²) in [7, 11) is 3.07. The van der Waals surface area contributed by atoms with Crippen molar-refractivity contribution in [1.29, 1.82) is 0 Å². The summed E-state index contributed by atoms with van der Waals surface area (Å²) in [6.07, 6.45) is 1.58. The van der Waals surface area contributed by atoms with Gasteiger partial charge in [0.1, 0.15) is 11.8 Å². The molecule has 9 nitrogen and oxygen atoms in total. The van der Waals surface area contributed by atoms with Gasteiger partial charge in [0.05, 0.1) is 20.8 Å². The Morgan fingerprint density at radius 1 is 1.00 bits per heavy atom. The zero-order valence-corrected chi connectivity index (χ0v) is 21.9. The lowest BCUT2D eigenvalue weighted by Crippen LogP contribution is -2.60. The van der Waals surface area contributed by atoms with Crippen molar-refractivity contribution in [3.05, 3.63) is 59.7 Å². The van der Waals surface area contributed by atoms with Crippen LogP contribution in [0.25, 0.3) is 0 Å². The quantitative estimate of drug-likeness (QED) is 0.616. The zero-order chi connectivity index (χ0) is 26.6. The number of nitrogens with zero attached hydrogens (tertiary/aromatic N) is 2. The van der Waals surface area contributed by atoms with E-state index in [-0.39, 0.29) is 30.4 Å². The highest BCUT2D eigenvalue weighted by Crippen LogP contribution is 2.39. The molecule has 3 amide bonds. The van der Waals surface area contributed by atoms with E-state index in [1.807, 2.05) is 19.9 Å². The normalized spacial score (nSPS) is 19.4. The third kappa shape index (κ3) is 5.27. The summed E-state index contributed by atoms with van der Waals surface area (Å²) in [6, 6.07) is 13.3. The van der Waals surface area contributed by atoms with Crippen molar-refractivity contribution in [2.75, 3.05) is 33.9 Å². The van der Waals surface area contributed by atoms with Gasteiger partial charge in [0, 0.05) is 43.1 Å². The van der Waals surface area contributed by atoms with E-state index in [1.165, 1.54) is 7.11 Å². The Bertz CT molecular complexity index is 1130. The van der Waals surface area contributed by atoms with Crippen LogP contribution >= 0.6 is 0 Å². The van der Waals surface area contributed by atoms with Crippen LogP contribution in [0.5, 0.6) is 11.5 Å². The van der Waals surface area contributed by atoms with E-state index in [9.17, 15) is 14.4 Å². The number of carbonyl (C=O) groups is 3. The van der Waals surface area contributed by atoms with Crippen LogP contribution in [0, 0.1) is 0 Å². The van der Waals surface area contributed by atoms with Gasteiger partial charge < -0.3 is 24.4 Å². The Labute approximate surface area is 217 Å². The topological polar surface area (TPSA) is 97.4 Å². The molecule has 2 fully saturated rings. The average Bonchev–Trinajstić information content (AvgIpc) is 3.31. The molecule has 2 aliphatic rings. The third-order valence-corrected chi connectivity index (χ3v) is 7.27. The molecule has 2 aromatic rings. The number of carbonyl (C=O) groups excluding carboxylic acids is 3. The maximum absolute atomic E-state index is 13.7. The van der Waals surface area contributed by atoms with Crippen molar-refractivity contribution in [3.63, 3.8) is 0 Å². The summed E-state index contributed by atoms with van der Waals surface area (Å²) in [5.41, 5.74) is 0.0280. The molecule has 2 aliphatic heterocycles. The molecule has 1 N–H and O–H groups in total. The molecule has 9 heteroatoms. The highest BCUT2D eigenvalue weighted by Gasteiger charge is 2.54. The molecule has 2 heterocycles. The Balaban J connectivity index is 1.55. The van der Waals surface area contributed by atoms with E-state index in [0.717, 1.165) is 6.42 Å². The number of nitrogens with one attached hydrogen (secondary N) is 1. The summed E-state index contributed by atoms with van der Waals surface area (Å²) >= 11 is 0. The molecule has 0 unspecified atom stereocenters. The third-order valence-electron chi connectivity index (χ3n) is 7.27. The number of piperidine rings is 1. The van der Waals surface area contributed by atoms with E-state index >= 15 is 0 Å². The SMILES string of the molecule is CC[C@@H](C)NC(=O)[C@H]1COC2(CCN(C(=O)c3ccc(OC)c(OC)c3)CC2)N1C(=O)c1ccccc1. The van der Waals surface area contributed by atoms with Crippen LogP contribution in [0.4, 0.5) is 0 Å². The van der Waals surface area contributed by atoms with Crippen LogP contribution in [0.15, 0.2) is 48.5 Å². The fraction of sp³-hybridized carbons (Fsp3) is 0.464. The van der Waals surface area contributed by atoms with Gasteiger partial charge in [0.2, 0.25) is 5.91 Å². The summed E-state index contributed by atoms with van der Waals surface area (Å²) in [4.78, 5) is 43.5. The number of amides is 3. The van der Waals surface area contributed by atoms with E-state index in [2.05, 4.69) is 5.32 Å². The number of likely N-dealkylation sites (tertiary alicyclic amines) is 1. The minimum absolute atomic E-state index is 0.0151. The monoisotopic (exact) mass is 509 g/mol. The van der Waals surface area contributed by atoms with Crippen LogP contribution in [-0.2, 0) is 9.53 Å². The second-order valence-corrected chi connectivity index (χ2v) is 9.49. The number of hydrogen-bond acceptors (Lipinski definition) is 6. The minimum Gasteiger partial charge on any atom is -0.493 e. The molecule has 0 saturated carbocycles. The van der Waals surface area contributed by atoms with Crippen LogP contribution in [0.2, 0.25) is 0 Å². The molecule has 0 bridgehead atoms. The molecule has 0 aliphatic carbocycles. The standard InChI is InChI=1S/C28H35N3O6/c1-5-19(2)29-25(32)22-18-37-28(31(22)27(34)20-9-7-6-8-10-20)13-15-30(16-14-28)26(33)21-11-12-23(35-3)24(17-21)36-4/h6-12,17,19,22H,5,13-16,18H2,1-4H3,(H,29,32)/t19-,22-/m1/s1. The van der Waals surface area contributed by atoms with E-state index < -0.39 is 11.8 Å². The number of hydrogen-bond donors (Lipinski definition) is 1. The van der Waals surface area contributed by atoms with E-state index in [1.54, 1.807) is 59.4 Å². The lowest BCUT2D eigenvalue weighted by molar-refractivity contribution is -0.128. The number of ether oxygens (including phenoxy) is 3. The number of benzene rings is 2. The van der Waals surface area contributed by atoms with Gasteiger partial charge in [-0.2, -0.15) is 0 Å². The largest absolute Gasteiger partial charge is 0.493 e. The Hall–Kier alpha value is -3.59. The first kappa shape index (κ1) is 26.5. The predicted molar refractivity (Wildman–Crippen MR) is 138 cm³/mol. The number of rotatable bonds is 7. The van der Waals surface area contributed by atoms with E-state index in [0.29, 0.717) is 48.6 Å². The second-order valence-electron chi connectivity index (χ2n) is 9.49. The molecule has 37 heavy (non-hydrogen) atoms.